The molecule has 3 heterocycles. The lowest BCUT2D eigenvalue weighted by Gasteiger charge is -2.27. The van der Waals surface area contributed by atoms with Crippen molar-refractivity contribution in [1.82, 2.24) is 19.5 Å². The fourth-order valence-corrected chi connectivity index (χ4v) is 4.13. The normalized spacial score (nSPS) is 13.9. The molecule has 0 radical (unpaired) electrons. The summed E-state index contributed by atoms with van der Waals surface area (Å²) in [5.41, 5.74) is 4.65. The molecule has 35 heavy (non-hydrogen) atoms. The second-order valence-corrected chi connectivity index (χ2v) is 8.72. The highest BCUT2D eigenvalue weighted by Crippen LogP contribution is 2.29. The zero-order chi connectivity index (χ0) is 24.2. The zero-order valence-corrected chi connectivity index (χ0v) is 20.5. The number of rotatable bonds is 8. The number of methoxy groups -OCH3 is 1. The fraction of sp³-hybridized carbons (Fsp3) is 0.320. The molecule has 1 saturated heterocycles. The molecule has 9 nitrogen and oxygen atoms in total. The van der Waals surface area contributed by atoms with E-state index in [2.05, 4.69) is 21.6 Å². The van der Waals surface area contributed by atoms with E-state index in [0.29, 0.717) is 43.2 Å². The summed E-state index contributed by atoms with van der Waals surface area (Å²) in [5, 5.41) is 7.40. The molecule has 2 N–H and O–H groups in total. The maximum absolute atomic E-state index is 6.05. The van der Waals surface area contributed by atoms with Crippen LogP contribution in [0.25, 0.3) is 22.3 Å². The van der Waals surface area contributed by atoms with Gasteiger partial charge in [0, 0.05) is 56.1 Å². The minimum Gasteiger partial charge on any atom is -0.383 e. The van der Waals surface area contributed by atoms with Crippen LogP contribution >= 0.6 is 11.6 Å². The van der Waals surface area contributed by atoms with Crippen molar-refractivity contribution in [2.45, 2.75) is 0 Å². The smallest absolute Gasteiger partial charge is 0.228 e. The lowest BCUT2D eigenvalue weighted by molar-refractivity contribution is 0.122. The first-order valence-corrected chi connectivity index (χ1v) is 11.9. The number of ether oxygens (including phenoxy) is 2. The molecule has 0 amide bonds. The molecule has 1 fully saturated rings. The highest BCUT2D eigenvalue weighted by atomic mass is 35.5. The molecule has 1 aliphatic rings. The molecule has 0 bridgehead atoms. The van der Waals surface area contributed by atoms with Crippen molar-refractivity contribution in [2.75, 3.05) is 62.1 Å². The summed E-state index contributed by atoms with van der Waals surface area (Å²) in [5.74, 6) is 2.19. The van der Waals surface area contributed by atoms with E-state index >= 15 is 0 Å². The summed E-state index contributed by atoms with van der Waals surface area (Å²) >= 11 is 6.05. The lowest BCUT2D eigenvalue weighted by atomic mass is 10.1. The first kappa shape index (κ1) is 23.3. The van der Waals surface area contributed by atoms with E-state index in [-0.39, 0.29) is 0 Å². The Morgan fingerprint density at radius 3 is 2.60 bits per heavy atom. The molecule has 4 aromatic rings. The van der Waals surface area contributed by atoms with E-state index in [9.17, 15) is 0 Å². The molecule has 0 unspecified atom stereocenters. The average molecular weight is 494 g/mol. The second-order valence-electron chi connectivity index (χ2n) is 8.29. The molecule has 2 aromatic heterocycles. The minimum atomic E-state index is 0.614. The van der Waals surface area contributed by atoms with Crippen LogP contribution < -0.4 is 15.5 Å². The Bertz CT molecular complexity index is 1300. The SMILES string of the molecule is COCCNc1nc2ccc(-c3cc(Nc4ccc(Cl)cc4)nc(N4CCOCC4)n3)cc2n1C. The third-order valence-corrected chi connectivity index (χ3v) is 6.14. The van der Waals surface area contributed by atoms with Gasteiger partial charge < -0.3 is 29.6 Å². The molecular weight excluding hydrogens is 466 g/mol. The van der Waals surface area contributed by atoms with Crippen LogP contribution in [0, 0.1) is 0 Å². The number of hydrogen-bond acceptors (Lipinski definition) is 8. The molecule has 182 valence electrons. The Morgan fingerprint density at radius 2 is 1.83 bits per heavy atom. The summed E-state index contributed by atoms with van der Waals surface area (Å²) in [7, 11) is 3.69. The van der Waals surface area contributed by atoms with Gasteiger partial charge in [0.2, 0.25) is 11.9 Å². The minimum absolute atomic E-state index is 0.614. The van der Waals surface area contributed by atoms with E-state index < -0.39 is 0 Å². The van der Waals surface area contributed by atoms with Gasteiger partial charge >= 0.3 is 0 Å². The summed E-state index contributed by atoms with van der Waals surface area (Å²) in [6.45, 7) is 4.13. The van der Waals surface area contributed by atoms with Gasteiger partial charge in [-0.15, -0.1) is 0 Å². The van der Waals surface area contributed by atoms with Crippen LogP contribution in [0.3, 0.4) is 0 Å². The van der Waals surface area contributed by atoms with Crippen LogP contribution in [0.5, 0.6) is 0 Å². The molecule has 0 aliphatic carbocycles. The van der Waals surface area contributed by atoms with Crippen molar-refractivity contribution in [2.24, 2.45) is 7.05 Å². The van der Waals surface area contributed by atoms with Gasteiger partial charge in [-0.2, -0.15) is 4.98 Å². The quantitative estimate of drug-likeness (QED) is 0.351. The highest BCUT2D eigenvalue weighted by Gasteiger charge is 2.17. The van der Waals surface area contributed by atoms with Crippen LogP contribution in [0.1, 0.15) is 0 Å². The van der Waals surface area contributed by atoms with Gasteiger partial charge in [0.15, 0.2) is 0 Å². The van der Waals surface area contributed by atoms with E-state index in [1.165, 1.54) is 0 Å². The third kappa shape index (κ3) is 5.32. The molecule has 0 spiro atoms. The summed E-state index contributed by atoms with van der Waals surface area (Å²) in [6.07, 6.45) is 0. The topological polar surface area (TPSA) is 89.4 Å². The van der Waals surface area contributed by atoms with E-state index in [0.717, 1.165) is 47.0 Å². The number of halogens is 1. The first-order valence-electron chi connectivity index (χ1n) is 11.5. The van der Waals surface area contributed by atoms with Crippen molar-refractivity contribution in [3.8, 4) is 11.3 Å². The number of anilines is 4. The van der Waals surface area contributed by atoms with Gasteiger partial charge in [-0.3, -0.25) is 0 Å². The lowest BCUT2D eigenvalue weighted by Crippen LogP contribution is -2.37. The van der Waals surface area contributed by atoms with Crippen LogP contribution in [-0.4, -0.2) is 66.1 Å². The Balaban J connectivity index is 1.51. The number of aromatic nitrogens is 4. The van der Waals surface area contributed by atoms with Crippen LogP contribution in [-0.2, 0) is 16.5 Å². The highest BCUT2D eigenvalue weighted by molar-refractivity contribution is 6.30. The first-order chi connectivity index (χ1) is 17.1. The fourth-order valence-electron chi connectivity index (χ4n) is 4.00. The average Bonchev–Trinajstić information content (AvgIpc) is 3.20. The monoisotopic (exact) mass is 493 g/mol. The maximum Gasteiger partial charge on any atom is 0.228 e. The third-order valence-electron chi connectivity index (χ3n) is 5.89. The predicted octanol–water partition coefficient (Wildman–Crippen LogP) is 4.32. The summed E-state index contributed by atoms with van der Waals surface area (Å²) < 4.78 is 12.7. The van der Waals surface area contributed by atoms with E-state index in [1.807, 2.05) is 54.1 Å². The maximum atomic E-state index is 6.05. The molecule has 5 rings (SSSR count). The summed E-state index contributed by atoms with van der Waals surface area (Å²) in [4.78, 5) is 16.6. The second kappa shape index (κ2) is 10.5. The number of aryl methyl sites for hydroxylation is 1. The number of imidazole rings is 1. The van der Waals surface area contributed by atoms with Crippen molar-refractivity contribution in [3.05, 3.63) is 53.6 Å². The molecule has 10 heteroatoms. The van der Waals surface area contributed by atoms with E-state index in [4.69, 9.17) is 36.0 Å². The number of hydrogen-bond donors (Lipinski definition) is 2. The Labute approximate surface area is 209 Å². The number of fused-ring (bicyclic) bond motifs is 1. The molecule has 2 aromatic carbocycles. The number of morpholine rings is 1. The van der Waals surface area contributed by atoms with Gasteiger partial charge in [-0.25, -0.2) is 9.97 Å². The largest absolute Gasteiger partial charge is 0.383 e. The standard InChI is InChI=1S/C25H28ClN7O2/c1-32-22-15-17(3-8-20(22)29-24(32)27-9-12-34-2)21-16-23(28-19-6-4-18(26)5-7-19)31-25(30-21)33-10-13-35-14-11-33/h3-8,15-16H,9-14H2,1-2H3,(H,27,29)(H,28,30,31). The molecule has 0 saturated carbocycles. The van der Waals surface area contributed by atoms with Gasteiger partial charge in [0.1, 0.15) is 5.82 Å². The van der Waals surface area contributed by atoms with Gasteiger partial charge in [0.05, 0.1) is 36.5 Å². The molecule has 0 atom stereocenters. The Morgan fingerprint density at radius 1 is 1.03 bits per heavy atom. The zero-order valence-electron chi connectivity index (χ0n) is 19.8. The number of nitrogens with one attached hydrogen (secondary N) is 2. The summed E-state index contributed by atoms with van der Waals surface area (Å²) in [6, 6.07) is 15.7. The van der Waals surface area contributed by atoms with Crippen molar-refractivity contribution < 1.29 is 9.47 Å². The van der Waals surface area contributed by atoms with Gasteiger partial charge in [0.25, 0.3) is 0 Å². The van der Waals surface area contributed by atoms with Crippen LogP contribution in [0.4, 0.5) is 23.4 Å². The molecular formula is C25H28ClN7O2. The molecule has 1 aliphatic heterocycles. The van der Waals surface area contributed by atoms with Crippen LogP contribution in [0.2, 0.25) is 5.02 Å². The number of nitrogens with zero attached hydrogens (tertiary/aromatic N) is 5. The van der Waals surface area contributed by atoms with Gasteiger partial charge in [-0.1, -0.05) is 17.7 Å². The Kier molecular flexibility index (Phi) is 6.98. The van der Waals surface area contributed by atoms with Crippen molar-refractivity contribution in [3.63, 3.8) is 0 Å². The Hall–Kier alpha value is -3.40. The van der Waals surface area contributed by atoms with Gasteiger partial charge in [-0.05, 0) is 36.4 Å². The van der Waals surface area contributed by atoms with Crippen molar-refractivity contribution in [1.29, 1.82) is 0 Å². The van der Waals surface area contributed by atoms with E-state index in [1.54, 1.807) is 7.11 Å². The van der Waals surface area contributed by atoms with Crippen LogP contribution in [0.15, 0.2) is 48.5 Å². The predicted molar refractivity (Wildman–Crippen MR) is 140 cm³/mol. The number of benzene rings is 2. The van der Waals surface area contributed by atoms with Crippen molar-refractivity contribution >= 4 is 46.0 Å².